The summed E-state index contributed by atoms with van der Waals surface area (Å²) in [4.78, 5) is 11.6. The highest BCUT2D eigenvalue weighted by molar-refractivity contribution is 5.90. The minimum absolute atomic E-state index is 0.0328. The van der Waals surface area contributed by atoms with Gasteiger partial charge in [-0.3, -0.25) is 4.79 Å². The molecule has 0 saturated heterocycles. The van der Waals surface area contributed by atoms with Crippen molar-refractivity contribution in [1.29, 1.82) is 0 Å². The Hall–Kier alpha value is -1.39. The van der Waals surface area contributed by atoms with E-state index < -0.39 is 0 Å². The molecule has 2 N–H and O–H groups in total. The van der Waals surface area contributed by atoms with Gasteiger partial charge in [0.25, 0.3) is 0 Å². The van der Waals surface area contributed by atoms with Crippen molar-refractivity contribution in [3.8, 4) is 0 Å². The number of amides is 1. The monoisotopic (exact) mass is 262 g/mol. The van der Waals surface area contributed by atoms with Gasteiger partial charge in [0.05, 0.1) is 6.61 Å². The zero-order valence-corrected chi connectivity index (χ0v) is 11.4. The standard InChI is InChI=1S/C15H22N2O2/c1-16-8-7-15(18)17-14-4-2-3-13(9-14)11-19-10-12-5-6-12/h2-4,9,12,16H,5-8,10-11H2,1H3,(H,17,18). The minimum atomic E-state index is 0.0328. The summed E-state index contributed by atoms with van der Waals surface area (Å²) >= 11 is 0. The summed E-state index contributed by atoms with van der Waals surface area (Å²) < 4.78 is 5.65. The van der Waals surface area contributed by atoms with Crippen LogP contribution in [-0.2, 0) is 16.1 Å². The lowest BCUT2D eigenvalue weighted by atomic mass is 10.2. The predicted molar refractivity (Wildman–Crippen MR) is 76.0 cm³/mol. The molecule has 0 aromatic heterocycles. The van der Waals surface area contributed by atoms with Crippen molar-refractivity contribution in [2.45, 2.75) is 25.9 Å². The highest BCUT2D eigenvalue weighted by atomic mass is 16.5. The molecule has 0 bridgehead atoms. The van der Waals surface area contributed by atoms with Crippen LogP contribution in [0.1, 0.15) is 24.8 Å². The predicted octanol–water partition coefficient (Wildman–Crippen LogP) is 2.16. The molecule has 0 aliphatic heterocycles. The molecule has 0 atom stereocenters. The van der Waals surface area contributed by atoms with Gasteiger partial charge in [-0.25, -0.2) is 0 Å². The van der Waals surface area contributed by atoms with E-state index in [9.17, 15) is 4.79 Å². The van der Waals surface area contributed by atoms with Gasteiger partial charge in [-0.05, 0) is 43.5 Å². The van der Waals surface area contributed by atoms with E-state index in [2.05, 4.69) is 10.6 Å². The Morgan fingerprint density at radius 3 is 3.00 bits per heavy atom. The fraction of sp³-hybridized carbons (Fsp3) is 0.533. The van der Waals surface area contributed by atoms with Crippen LogP contribution >= 0.6 is 0 Å². The first-order chi connectivity index (χ1) is 9.28. The van der Waals surface area contributed by atoms with Gasteiger partial charge in [-0.1, -0.05) is 12.1 Å². The number of nitrogens with one attached hydrogen (secondary N) is 2. The topological polar surface area (TPSA) is 50.4 Å². The molecular formula is C15H22N2O2. The van der Waals surface area contributed by atoms with Gasteiger partial charge in [0.2, 0.25) is 5.91 Å². The fourth-order valence-electron chi connectivity index (χ4n) is 1.83. The summed E-state index contributed by atoms with van der Waals surface area (Å²) in [5.74, 6) is 0.815. The second-order valence-electron chi connectivity index (χ2n) is 5.06. The summed E-state index contributed by atoms with van der Waals surface area (Å²) in [5, 5.41) is 5.85. The van der Waals surface area contributed by atoms with Crippen LogP contribution < -0.4 is 10.6 Å². The summed E-state index contributed by atoms with van der Waals surface area (Å²) in [7, 11) is 1.84. The molecule has 4 heteroatoms. The number of rotatable bonds is 8. The zero-order valence-electron chi connectivity index (χ0n) is 11.4. The van der Waals surface area contributed by atoms with E-state index in [-0.39, 0.29) is 5.91 Å². The average molecular weight is 262 g/mol. The van der Waals surface area contributed by atoms with E-state index in [1.54, 1.807) is 0 Å². The Morgan fingerprint density at radius 1 is 1.42 bits per heavy atom. The molecule has 0 radical (unpaired) electrons. The Morgan fingerprint density at radius 2 is 2.26 bits per heavy atom. The molecule has 1 aliphatic rings. The lowest BCUT2D eigenvalue weighted by Gasteiger charge is -2.08. The first-order valence-corrected chi connectivity index (χ1v) is 6.89. The Balaban J connectivity index is 1.78. The normalized spacial score (nSPS) is 14.4. The van der Waals surface area contributed by atoms with Crippen LogP contribution in [0.2, 0.25) is 0 Å². The molecule has 1 aromatic rings. The van der Waals surface area contributed by atoms with Gasteiger partial charge in [0.15, 0.2) is 0 Å². The molecule has 1 amide bonds. The van der Waals surface area contributed by atoms with Crippen molar-refractivity contribution in [2.24, 2.45) is 5.92 Å². The highest BCUT2D eigenvalue weighted by Crippen LogP contribution is 2.29. The first-order valence-electron chi connectivity index (χ1n) is 6.89. The van der Waals surface area contributed by atoms with Crippen molar-refractivity contribution in [3.63, 3.8) is 0 Å². The molecule has 0 spiro atoms. The van der Waals surface area contributed by atoms with E-state index >= 15 is 0 Å². The van der Waals surface area contributed by atoms with Crippen LogP contribution in [-0.4, -0.2) is 26.1 Å². The quantitative estimate of drug-likeness (QED) is 0.755. The minimum Gasteiger partial charge on any atom is -0.376 e. The number of hydrogen-bond donors (Lipinski definition) is 2. The molecule has 1 fully saturated rings. The molecule has 1 aromatic carbocycles. The van der Waals surface area contributed by atoms with Crippen LogP contribution in [0.4, 0.5) is 5.69 Å². The summed E-state index contributed by atoms with van der Waals surface area (Å²) in [6, 6.07) is 7.85. The summed E-state index contributed by atoms with van der Waals surface area (Å²) in [6.45, 7) is 2.17. The Labute approximate surface area is 114 Å². The third-order valence-electron chi connectivity index (χ3n) is 3.13. The molecule has 0 unspecified atom stereocenters. The van der Waals surface area contributed by atoms with Crippen molar-refractivity contribution < 1.29 is 9.53 Å². The van der Waals surface area contributed by atoms with Crippen molar-refractivity contribution in [1.82, 2.24) is 5.32 Å². The SMILES string of the molecule is CNCCC(=O)Nc1cccc(COCC2CC2)c1. The molecule has 104 valence electrons. The lowest BCUT2D eigenvalue weighted by molar-refractivity contribution is -0.116. The number of ether oxygens (including phenoxy) is 1. The van der Waals surface area contributed by atoms with E-state index in [0.717, 1.165) is 23.8 Å². The van der Waals surface area contributed by atoms with Gasteiger partial charge >= 0.3 is 0 Å². The number of carbonyl (C=O) groups is 1. The van der Waals surface area contributed by atoms with Crippen LogP contribution in [0.15, 0.2) is 24.3 Å². The van der Waals surface area contributed by atoms with Crippen LogP contribution in [0.5, 0.6) is 0 Å². The Kier molecular flexibility index (Phi) is 5.36. The molecule has 1 aliphatic carbocycles. The molecule has 4 nitrogen and oxygen atoms in total. The van der Waals surface area contributed by atoms with E-state index in [4.69, 9.17) is 4.74 Å². The molecule has 2 rings (SSSR count). The Bertz CT molecular complexity index is 416. The maximum atomic E-state index is 11.6. The largest absolute Gasteiger partial charge is 0.376 e. The van der Waals surface area contributed by atoms with Gasteiger partial charge in [-0.2, -0.15) is 0 Å². The zero-order chi connectivity index (χ0) is 13.5. The third-order valence-corrected chi connectivity index (χ3v) is 3.13. The van der Waals surface area contributed by atoms with Crippen molar-refractivity contribution >= 4 is 11.6 Å². The first kappa shape index (κ1) is 14.0. The number of benzene rings is 1. The van der Waals surface area contributed by atoms with Gasteiger partial charge < -0.3 is 15.4 Å². The van der Waals surface area contributed by atoms with Crippen molar-refractivity contribution in [2.75, 3.05) is 25.5 Å². The molecular weight excluding hydrogens is 240 g/mol. The summed E-state index contributed by atoms with van der Waals surface area (Å²) in [6.07, 6.45) is 3.10. The number of anilines is 1. The highest BCUT2D eigenvalue weighted by Gasteiger charge is 2.20. The smallest absolute Gasteiger partial charge is 0.225 e. The van der Waals surface area contributed by atoms with Crippen LogP contribution in [0.25, 0.3) is 0 Å². The summed E-state index contributed by atoms with van der Waals surface area (Å²) in [5.41, 5.74) is 1.95. The number of hydrogen-bond acceptors (Lipinski definition) is 3. The maximum absolute atomic E-state index is 11.6. The fourth-order valence-corrected chi connectivity index (χ4v) is 1.83. The van der Waals surface area contributed by atoms with Crippen molar-refractivity contribution in [3.05, 3.63) is 29.8 Å². The second-order valence-corrected chi connectivity index (χ2v) is 5.06. The van der Waals surface area contributed by atoms with Gasteiger partial charge in [0.1, 0.15) is 0 Å². The lowest BCUT2D eigenvalue weighted by Crippen LogP contribution is -2.18. The van der Waals surface area contributed by atoms with Gasteiger partial charge in [-0.15, -0.1) is 0 Å². The van der Waals surface area contributed by atoms with E-state index in [1.165, 1.54) is 12.8 Å². The molecule has 19 heavy (non-hydrogen) atoms. The average Bonchev–Trinajstić information content (AvgIpc) is 3.21. The van der Waals surface area contributed by atoms with Crippen LogP contribution in [0, 0.1) is 5.92 Å². The van der Waals surface area contributed by atoms with E-state index in [0.29, 0.717) is 19.6 Å². The molecule has 0 heterocycles. The van der Waals surface area contributed by atoms with Gasteiger partial charge in [0, 0.05) is 25.3 Å². The van der Waals surface area contributed by atoms with Crippen LogP contribution in [0.3, 0.4) is 0 Å². The van der Waals surface area contributed by atoms with E-state index in [1.807, 2.05) is 31.3 Å². The number of carbonyl (C=O) groups excluding carboxylic acids is 1. The molecule has 1 saturated carbocycles. The second kappa shape index (κ2) is 7.26. The maximum Gasteiger partial charge on any atom is 0.225 e. The third kappa shape index (κ3) is 5.41.